The van der Waals surface area contributed by atoms with Crippen LogP contribution in [0.4, 0.5) is 4.39 Å². The van der Waals surface area contributed by atoms with Gasteiger partial charge in [-0.1, -0.05) is 24.3 Å². The number of halogens is 1. The average Bonchev–Trinajstić information content (AvgIpc) is 2.66. The van der Waals surface area contributed by atoms with Crippen LogP contribution in [0.15, 0.2) is 53.5 Å². The van der Waals surface area contributed by atoms with Gasteiger partial charge in [-0.15, -0.1) is 0 Å². The molecule has 6 nitrogen and oxygen atoms in total. The minimum absolute atomic E-state index is 0.000735. The van der Waals surface area contributed by atoms with E-state index in [1.165, 1.54) is 17.0 Å². The Balaban J connectivity index is 1.85. The second kappa shape index (κ2) is 10.2. The molecule has 0 fully saturated rings. The standard InChI is InChI=1S/C20H25FN4O2/c1-22-20(23-12-15-6-4-8-17(21)10-15)24-13-16-7-5-9-18(11-16)27-14-19(26)25(2)3/h4-11H,12-14H2,1-3H3,(H2,22,23,24). The Bertz CT molecular complexity index is 793. The van der Waals surface area contributed by atoms with Crippen molar-refractivity contribution in [2.75, 3.05) is 27.7 Å². The van der Waals surface area contributed by atoms with Gasteiger partial charge in [0.1, 0.15) is 11.6 Å². The SMILES string of the molecule is CN=C(NCc1cccc(F)c1)NCc1cccc(OCC(=O)N(C)C)c1. The molecule has 0 saturated carbocycles. The number of likely N-dealkylation sites (N-methyl/N-ethyl adjacent to an activating group) is 1. The summed E-state index contributed by atoms with van der Waals surface area (Å²) in [6, 6.07) is 13.9. The number of hydrogen-bond acceptors (Lipinski definition) is 3. The van der Waals surface area contributed by atoms with Crippen molar-refractivity contribution in [1.82, 2.24) is 15.5 Å². The molecular weight excluding hydrogens is 347 g/mol. The summed E-state index contributed by atoms with van der Waals surface area (Å²) in [6.45, 7) is 0.996. The third-order valence-electron chi connectivity index (χ3n) is 3.79. The van der Waals surface area contributed by atoms with Crippen LogP contribution in [0.3, 0.4) is 0 Å². The largest absolute Gasteiger partial charge is 0.484 e. The van der Waals surface area contributed by atoms with Crippen LogP contribution in [0.25, 0.3) is 0 Å². The van der Waals surface area contributed by atoms with Crippen molar-refractivity contribution in [3.8, 4) is 5.75 Å². The number of ether oxygens (including phenoxy) is 1. The molecule has 2 aromatic rings. The zero-order valence-corrected chi connectivity index (χ0v) is 15.8. The summed E-state index contributed by atoms with van der Waals surface area (Å²) in [6.07, 6.45) is 0. The lowest BCUT2D eigenvalue weighted by molar-refractivity contribution is -0.130. The van der Waals surface area contributed by atoms with E-state index in [0.29, 0.717) is 24.8 Å². The third-order valence-corrected chi connectivity index (χ3v) is 3.79. The van der Waals surface area contributed by atoms with E-state index in [1.54, 1.807) is 27.2 Å². The number of carbonyl (C=O) groups is 1. The highest BCUT2D eigenvalue weighted by molar-refractivity contribution is 5.79. The molecule has 0 atom stereocenters. The molecular formula is C20H25FN4O2. The summed E-state index contributed by atoms with van der Waals surface area (Å²) < 4.78 is 18.7. The van der Waals surface area contributed by atoms with E-state index >= 15 is 0 Å². The first-order valence-corrected chi connectivity index (χ1v) is 8.59. The van der Waals surface area contributed by atoms with Gasteiger partial charge >= 0.3 is 0 Å². The summed E-state index contributed by atoms with van der Waals surface area (Å²) in [5, 5.41) is 6.34. The fourth-order valence-electron chi connectivity index (χ4n) is 2.26. The fourth-order valence-corrected chi connectivity index (χ4v) is 2.26. The Hall–Kier alpha value is -3.09. The lowest BCUT2D eigenvalue weighted by Crippen LogP contribution is -2.36. The zero-order valence-electron chi connectivity index (χ0n) is 15.8. The van der Waals surface area contributed by atoms with E-state index in [0.717, 1.165) is 11.1 Å². The highest BCUT2D eigenvalue weighted by atomic mass is 19.1. The number of benzene rings is 2. The summed E-state index contributed by atoms with van der Waals surface area (Å²) in [5.41, 5.74) is 1.82. The van der Waals surface area contributed by atoms with Gasteiger partial charge in [0.15, 0.2) is 12.6 Å². The predicted molar refractivity (Wildman–Crippen MR) is 104 cm³/mol. The molecule has 0 radical (unpaired) electrons. The number of hydrogen-bond donors (Lipinski definition) is 2. The molecule has 2 rings (SSSR count). The van der Waals surface area contributed by atoms with Gasteiger partial charge in [-0.05, 0) is 35.4 Å². The van der Waals surface area contributed by atoms with Gasteiger partial charge in [-0.2, -0.15) is 0 Å². The fraction of sp³-hybridized carbons (Fsp3) is 0.300. The Morgan fingerprint density at radius 1 is 1.07 bits per heavy atom. The Morgan fingerprint density at radius 3 is 2.30 bits per heavy atom. The lowest BCUT2D eigenvalue weighted by Gasteiger charge is -2.14. The van der Waals surface area contributed by atoms with Crippen molar-refractivity contribution in [1.29, 1.82) is 0 Å². The molecule has 0 unspecified atom stereocenters. The average molecular weight is 372 g/mol. The van der Waals surface area contributed by atoms with Crippen molar-refractivity contribution in [3.63, 3.8) is 0 Å². The number of guanidine groups is 1. The normalized spacial score (nSPS) is 11.0. The number of aliphatic imine (C=N–C) groups is 1. The van der Waals surface area contributed by atoms with Gasteiger partial charge in [-0.25, -0.2) is 4.39 Å². The topological polar surface area (TPSA) is 66.0 Å². The number of amides is 1. The highest BCUT2D eigenvalue weighted by Gasteiger charge is 2.06. The molecule has 7 heteroatoms. The quantitative estimate of drug-likeness (QED) is 0.577. The van der Waals surface area contributed by atoms with Gasteiger partial charge in [0.2, 0.25) is 0 Å². The predicted octanol–water partition coefficient (Wildman–Crippen LogP) is 2.16. The van der Waals surface area contributed by atoms with Crippen molar-refractivity contribution in [2.24, 2.45) is 4.99 Å². The van der Waals surface area contributed by atoms with Gasteiger partial charge in [0.25, 0.3) is 5.91 Å². The first kappa shape index (κ1) is 20.2. The Morgan fingerprint density at radius 2 is 1.70 bits per heavy atom. The van der Waals surface area contributed by atoms with Gasteiger partial charge in [0, 0.05) is 34.2 Å². The second-order valence-corrected chi connectivity index (χ2v) is 6.13. The minimum Gasteiger partial charge on any atom is -0.484 e. The molecule has 0 aliphatic rings. The molecule has 1 amide bonds. The van der Waals surface area contributed by atoms with Crippen LogP contribution in [0.5, 0.6) is 5.75 Å². The maximum Gasteiger partial charge on any atom is 0.259 e. The zero-order chi connectivity index (χ0) is 19.6. The maximum absolute atomic E-state index is 13.2. The lowest BCUT2D eigenvalue weighted by atomic mass is 10.2. The van der Waals surface area contributed by atoms with E-state index in [-0.39, 0.29) is 18.3 Å². The van der Waals surface area contributed by atoms with Crippen LogP contribution in [-0.4, -0.2) is 44.5 Å². The van der Waals surface area contributed by atoms with Crippen molar-refractivity contribution in [3.05, 3.63) is 65.5 Å². The molecule has 0 aromatic heterocycles. The molecule has 0 aliphatic heterocycles. The second-order valence-electron chi connectivity index (χ2n) is 6.13. The molecule has 2 aromatic carbocycles. The van der Waals surface area contributed by atoms with Crippen molar-refractivity contribution < 1.29 is 13.9 Å². The van der Waals surface area contributed by atoms with Gasteiger partial charge in [-0.3, -0.25) is 9.79 Å². The van der Waals surface area contributed by atoms with Crippen LogP contribution < -0.4 is 15.4 Å². The summed E-state index contributed by atoms with van der Waals surface area (Å²) in [5.74, 6) is 0.878. The Labute approximate surface area is 159 Å². The molecule has 27 heavy (non-hydrogen) atoms. The van der Waals surface area contributed by atoms with E-state index in [1.807, 2.05) is 30.3 Å². The van der Waals surface area contributed by atoms with Crippen LogP contribution in [0.2, 0.25) is 0 Å². The van der Waals surface area contributed by atoms with Crippen molar-refractivity contribution in [2.45, 2.75) is 13.1 Å². The number of nitrogens with zero attached hydrogens (tertiary/aromatic N) is 2. The summed E-state index contributed by atoms with van der Waals surface area (Å²) in [7, 11) is 5.05. The van der Waals surface area contributed by atoms with E-state index in [2.05, 4.69) is 15.6 Å². The van der Waals surface area contributed by atoms with E-state index in [4.69, 9.17) is 4.74 Å². The molecule has 0 aliphatic carbocycles. The molecule has 2 N–H and O–H groups in total. The van der Waals surface area contributed by atoms with Crippen LogP contribution in [0, 0.1) is 5.82 Å². The monoisotopic (exact) mass is 372 g/mol. The maximum atomic E-state index is 13.2. The van der Waals surface area contributed by atoms with Gasteiger partial charge in [0.05, 0.1) is 0 Å². The summed E-state index contributed by atoms with van der Waals surface area (Å²) >= 11 is 0. The first-order valence-electron chi connectivity index (χ1n) is 8.59. The van der Waals surface area contributed by atoms with Gasteiger partial charge < -0.3 is 20.3 Å². The number of carbonyl (C=O) groups excluding carboxylic acids is 1. The number of rotatable bonds is 7. The highest BCUT2D eigenvalue weighted by Crippen LogP contribution is 2.13. The van der Waals surface area contributed by atoms with Crippen LogP contribution in [-0.2, 0) is 17.9 Å². The number of nitrogens with one attached hydrogen (secondary N) is 2. The third kappa shape index (κ3) is 6.97. The van der Waals surface area contributed by atoms with E-state index < -0.39 is 0 Å². The van der Waals surface area contributed by atoms with E-state index in [9.17, 15) is 9.18 Å². The molecule has 0 bridgehead atoms. The first-order chi connectivity index (χ1) is 13.0. The minimum atomic E-state index is -0.262. The summed E-state index contributed by atoms with van der Waals surface area (Å²) in [4.78, 5) is 17.3. The molecule has 144 valence electrons. The van der Waals surface area contributed by atoms with Crippen LogP contribution in [0.1, 0.15) is 11.1 Å². The Kier molecular flexibility index (Phi) is 7.61. The molecule has 0 heterocycles. The van der Waals surface area contributed by atoms with Crippen LogP contribution >= 0.6 is 0 Å². The smallest absolute Gasteiger partial charge is 0.259 e. The van der Waals surface area contributed by atoms with Crippen molar-refractivity contribution >= 4 is 11.9 Å². The molecule has 0 saturated heterocycles. The molecule has 0 spiro atoms.